The molecule has 0 aromatic carbocycles. The van der Waals surface area contributed by atoms with Gasteiger partial charge in [0.1, 0.15) is 5.52 Å². The SMILES string of the molecule is Cc1cn(C(N)=O)c2c(N3CCOCC3)ncc(C(=O)OCC3CC3)c12.Cl. The molecule has 0 unspecified atom stereocenters. The van der Waals surface area contributed by atoms with E-state index in [1.165, 1.54) is 4.57 Å². The molecule has 0 spiro atoms. The Morgan fingerprint density at radius 3 is 2.67 bits per heavy atom. The molecule has 1 saturated carbocycles. The minimum Gasteiger partial charge on any atom is -0.462 e. The number of fused-ring (bicyclic) bond motifs is 1. The van der Waals surface area contributed by atoms with Crippen molar-refractivity contribution in [3.8, 4) is 0 Å². The van der Waals surface area contributed by atoms with Crippen LogP contribution in [0.2, 0.25) is 0 Å². The Balaban J connectivity index is 0.00000210. The number of morpholine rings is 1. The molecule has 9 heteroatoms. The monoisotopic (exact) mass is 394 g/mol. The maximum atomic E-state index is 12.6. The largest absolute Gasteiger partial charge is 0.462 e. The van der Waals surface area contributed by atoms with Gasteiger partial charge in [-0.05, 0) is 31.2 Å². The van der Waals surface area contributed by atoms with Gasteiger partial charge < -0.3 is 20.1 Å². The first-order valence-electron chi connectivity index (χ1n) is 8.86. The van der Waals surface area contributed by atoms with Crippen LogP contribution < -0.4 is 10.6 Å². The second-order valence-corrected chi connectivity index (χ2v) is 6.88. The van der Waals surface area contributed by atoms with E-state index in [1.807, 2.05) is 11.8 Å². The number of carbonyl (C=O) groups excluding carboxylic acids is 2. The van der Waals surface area contributed by atoms with Crippen molar-refractivity contribution in [1.82, 2.24) is 9.55 Å². The van der Waals surface area contributed by atoms with Crippen molar-refractivity contribution in [1.29, 1.82) is 0 Å². The lowest BCUT2D eigenvalue weighted by molar-refractivity contribution is 0.0488. The highest BCUT2D eigenvalue weighted by Gasteiger charge is 2.27. The summed E-state index contributed by atoms with van der Waals surface area (Å²) in [5.41, 5.74) is 7.27. The molecular formula is C18H23ClN4O4. The Bertz CT molecular complexity index is 872. The standard InChI is InChI=1S/C18H22N4O4.ClH/c1-11-9-22(18(19)24)15-14(11)13(17(23)26-10-12-2-3-12)8-20-16(15)21-4-6-25-7-5-21;/h8-9,12H,2-7,10H2,1H3,(H2,19,24);1H. The number of rotatable bonds is 4. The molecule has 2 aromatic rings. The van der Waals surface area contributed by atoms with Gasteiger partial charge in [-0.1, -0.05) is 0 Å². The number of primary amides is 1. The fraction of sp³-hybridized carbons (Fsp3) is 0.500. The van der Waals surface area contributed by atoms with E-state index >= 15 is 0 Å². The number of aromatic nitrogens is 2. The van der Waals surface area contributed by atoms with Crippen LogP contribution in [-0.2, 0) is 9.47 Å². The lowest BCUT2D eigenvalue weighted by Gasteiger charge is -2.28. The molecule has 2 aromatic heterocycles. The zero-order valence-corrected chi connectivity index (χ0v) is 16.0. The highest BCUT2D eigenvalue weighted by atomic mass is 35.5. The van der Waals surface area contributed by atoms with Gasteiger partial charge in [0.25, 0.3) is 0 Å². The second kappa shape index (κ2) is 7.74. The van der Waals surface area contributed by atoms with Crippen LogP contribution in [-0.4, -0.2) is 54.5 Å². The lowest BCUT2D eigenvalue weighted by Crippen LogP contribution is -2.37. The van der Waals surface area contributed by atoms with Gasteiger partial charge in [-0.2, -0.15) is 0 Å². The van der Waals surface area contributed by atoms with Gasteiger partial charge in [0.05, 0.1) is 25.4 Å². The Kier molecular flexibility index (Phi) is 5.57. The van der Waals surface area contributed by atoms with Gasteiger partial charge >= 0.3 is 12.0 Å². The highest BCUT2D eigenvalue weighted by molar-refractivity contribution is 6.10. The molecular weight excluding hydrogens is 372 g/mol. The van der Waals surface area contributed by atoms with E-state index in [9.17, 15) is 9.59 Å². The number of hydrogen-bond donors (Lipinski definition) is 1. The summed E-state index contributed by atoms with van der Waals surface area (Å²) in [6, 6.07) is -0.608. The molecule has 4 rings (SSSR count). The molecule has 0 bridgehead atoms. The molecule has 2 fully saturated rings. The smallest absolute Gasteiger partial charge is 0.340 e. The normalized spacial score (nSPS) is 16.9. The molecule has 2 N–H and O–H groups in total. The number of nitrogens with zero attached hydrogens (tertiary/aromatic N) is 3. The van der Waals surface area contributed by atoms with Gasteiger partial charge in [-0.25, -0.2) is 14.6 Å². The zero-order valence-electron chi connectivity index (χ0n) is 15.1. The van der Waals surface area contributed by atoms with Crippen LogP contribution in [0, 0.1) is 12.8 Å². The van der Waals surface area contributed by atoms with Crippen LogP contribution in [0.25, 0.3) is 10.9 Å². The molecule has 1 saturated heterocycles. The number of anilines is 1. The average Bonchev–Trinajstić information content (AvgIpc) is 3.41. The first kappa shape index (κ1) is 19.4. The Morgan fingerprint density at radius 1 is 1.33 bits per heavy atom. The molecule has 0 radical (unpaired) electrons. The van der Waals surface area contributed by atoms with Gasteiger partial charge in [-0.3, -0.25) is 4.57 Å². The Hall–Kier alpha value is -2.32. The van der Waals surface area contributed by atoms with Crippen molar-refractivity contribution in [2.24, 2.45) is 11.7 Å². The maximum Gasteiger partial charge on any atom is 0.340 e. The molecule has 1 aliphatic carbocycles. The number of carbonyl (C=O) groups is 2. The molecule has 2 aliphatic rings. The summed E-state index contributed by atoms with van der Waals surface area (Å²) in [6.07, 6.45) is 5.40. The molecule has 1 aliphatic heterocycles. The number of nitrogens with two attached hydrogens (primary N) is 1. The minimum absolute atomic E-state index is 0. The molecule has 3 heterocycles. The summed E-state index contributed by atoms with van der Waals surface area (Å²) >= 11 is 0. The molecule has 0 atom stereocenters. The Labute approximate surface area is 163 Å². The second-order valence-electron chi connectivity index (χ2n) is 6.88. The summed E-state index contributed by atoms with van der Waals surface area (Å²) in [6.45, 7) is 4.78. The number of amides is 1. The number of halogens is 1. The first-order valence-corrected chi connectivity index (χ1v) is 8.86. The predicted octanol–water partition coefficient (Wildman–Crippen LogP) is 2.10. The van der Waals surface area contributed by atoms with Crippen LogP contribution in [0.1, 0.15) is 28.8 Å². The fourth-order valence-electron chi connectivity index (χ4n) is 3.33. The number of esters is 1. The van der Waals surface area contributed by atoms with E-state index in [-0.39, 0.29) is 12.4 Å². The van der Waals surface area contributed by atoms with E-state index in [1.54, 1.807) is 12.4 Å². The van der Waals surface area contributed by atoms with Crippen molar-refractivity contribution in [2.45, 2.75) is 19.8 Å². The lowest BCUT2D eigenvalue weighted by atomic mass is 10.1. The van der Waals surface area contributed by atoms with Crippen LogP contribution in [0.5, 0.6) is 0 Å². The number of ether oxygens (including phenoxy) is 2. The summed E-state index contributed by atoms with van der Waals surface area (Å²) in [5.74, 6) is 0.702. The van der Waals surface area contributed by atoms with Gasteiger partial charge in [0.2, 0.25) is 0 Å². The van der Waals surface area contributed by atoms with Gasteiger partial charge in [0, 0.05) is 30.9 Å². The van der Waals surface area contributed by atoms with Crippen LogP contribution in [0.4, 0.5) is 10.6 Å². The Morgan fingerprint density at radius 2 is 2.04 bits per heavy atom. The molecule has 1 amide bonds. The highest BCUT2D eigenvalue weighted by Crippen LogP contribution is 2.33. The van der Waals surface area contributed by atoms with E-state index in [4.69, 9.17) is 15.2 Å². The van der Waals surface area contributed by atoms with Crippen LogP contribution >= 0.6 is 12.4 Å². The summed E-state index contributed by atoms with van der Waals surface area (Å²) in [7, 11) is 0. The number of aryl methyl sites for hydroxylation is 1. The van der Waals surface area contributed by atoms with Crippen molar-refractivity contribution in [3.63, 3.8) is 0 Å². The topological polar surface area (TPSA) is 99.7 Å². The van der Waals surface area contributed by atoms with Gasteiger partial charge in [-0.15, -0.1) is 12.4 Å². The van der Waals surface area contributed by atoms with E-state index in [2.05, 4.69) is 4.98 Å². The minimum atomic E-state index is -0.608. The number of hydrogen-bond acceptors (Lipinski definition) is 6. The van der Waals surface area contributed by atoms with Crippen molar-refractivity contribution < 1.29 is 19.1 Å². The van der Waals surface area contributed by atoms with Gasteiger partial charge in [0.15, 0.2) is 5.82 Å². The summed E-state index contributed by atoms with van der Waals surface area (Å²) in [4.78, 5) is 31.1. The van der Waals surface area contributed by atoms with Crippen molar-refractivity contribution in [2.75, 3.05) is 37.8 Å². The molecule has 8 nitrogen and oxygen atoms in total. The fourth-order valence-corrected chi connectivity index (χ4v) is 3.33. The van der Waals surface area contributed by atoms with Crippen molar-refractivity contribution >= 4 is 41.1 Å². The maximum absolute atomic E-state index is 12.6. The summed E-state index contributed by atoms with van der Waals surface area (Å²) in [5, 5.41) is 0.668. The predicted molar refractivity (Wildman–Crippen MR) is 103 cm³/mol. The third kappa shape index (κ3) is 3.72. The average molecular weight is 395 g/mol. The molecule has 146 valence electrons. The van der Waals surface area contributed by atoms with E-state index < -0.39 is 12.0 Å². The quantitative estimate of drug-likeness (QED) is 0.797. The zero-order chi connectivity index (χ0) is 18.3. The van der Waals surface area contributed by atoms with E-state index in [0.29, 0.717) is 61.1 Å². The van der Waals surface area contributed by atoms with E-state index in [0.717, 1.165) is 18.4 Å². The third-order valence-electron chi connectivity index (χ3n) is 4.91. The summed E-state index contributed by atoms with van der Waals surface area (Å²) < 4.78 is 12.2. The van der Waals surface area contributed by atoms with Crippen LogP contribution in [0.15, 0.2) is 12.4 Å². The van der Waals surface area contributed by atoms with Crippen LogP contribution in [0.3, 0.4) is 0 Å². The number of pyridine rings is 1. The first-order chi connectivity index (χ1) is 12.6. The molecule has 27 heavy (non-hydrogen) atoms. The van der Waals surface area contributed by atoms with Crippen molar-refractivity contribution in [3.05, 3.63) is 23.5 Å². The third-order valence-corrected chi connectivity index (χ3v) is 4.91.